The number of unbranched alkanes of at least 4 members (excludes halogenated alkanes) is 37. The lowest BCUT2D eigenvalue weighted by Gasteiger charge is -2.21. The summed E-state index contributed by atoms with van der Waals surface area (Å²) >= 11 is 0. The maximum Gasteiger partial charge on any atom is 0.472 e. The molecule has 6 atom stereocenters. The minimum absolute atomic E-state index is 0.100. The van der Waals surface area contributed by atoms with Crippen LogP contribution < -0.4 is 0 Å². The molecule has 0 saturated carbocycles. The van der Waals surface area contributed by atoms with Crippen LogP contribution in [0.15, 0.2) is 24.3 Å². The van der Waals surface area contributed by atoms with E-state index in [0.717, 1.165) is 133 Å². The van der Waals surface area contributed by atoms with Crippen LogP contribution in [-0.2, 0) is 65.4 Å². The Kier molecular flexibility index (Phi) is 65.3. The van der Waals surface area contributed by atoms with Gasteiger partial charge in [-0.3, -0.25) is 37.3 Å². The highest BCUT2D eigenvalue weighted by Crippen LogP contribution is 2.45. The van der Waals surface area contributed by atoms with Crippen LogP contribution in [0.4, 0.5) is 0 Å². The highest BCUT2D eigenvalue weighted by Gasteiger charge is 2.30. The molecule has 0 spiro atoms. The number of carbonyl (C=O) groups excluding carboxylic acids is 4. The molecule has 0 aliphatic rings. The van der Waals surface area contributed by atoms with Gasteiger partial charge >= 0.3 is 39.5 Å². The Morgan fingerprint density at radius 3 is 0.927 bits per heavy atom. The lowest BCUT2D eigenvalue weighted by atomic mass is 10.00. The van der Waals surface area contributed by atoms with Crippen molar-refractivity contribution in [1.29, 1.82) is 0 Å². The van der Waals surface area contributed by atoms with Gasteiger partial charge in [0.25, 0.3) is 0 Å². The SMILES string of the molecule is CCCCCC/C=C\C=C/CCCCCCCC(=O)OC[C@H](COP(=O)(O)OC[C@@H](O)COP(=O)(O)OC[C@@H](COC(=O)CCCCCCCCC(C)CC)OC(=O)CCCCCCCCCCCCC(C)C)OC(=O)CCCCCCCCCCCCCCCCCC(C)C. The highest BCUT2D eigenvalue weighted by atomic mass is 31.2. The Morgan fingerprint density at radius 1 is 0.344 bits per heavy atom. The summed E-state index contributed by atoms with van der Waals surface area (Å²) in [4.78, 5) is 72.8. The van der Waals surface area contributed by atoms with Crippen molar-refractivity contribution in [2.75, 3.05) is 39.6 Å². The van der Waals surface area contributed by atoms with Gasteiger partial charge in [-0.2, -0.15) is 0 Å². The van der Waals surface area contributed by atoms with Crippen LogP contribution in [-0.4, -0.2) is 96.7 Å². The number of aliphatic hydroxyl groups is 1. The number of hydrogen-bond acceptors (Lipinski definition) is 15. The van der Waals surface area contributed by atoms with Crippen LogP contribution >= 0.6 is 15.6 Å². The summed E-state index contributed by atoms with van der Waals surface area (Å²) in [5.41, 5.74) is 0. The fraction of sp³-hybridized carbons (Fsp3) is 0.896. The summed E-state index contributed by atoms with van der Waals surface area (Å²) in [5.74, 6) is 0.132. The van der Waals surface area contributed by atoms with Crippen molar-refractivity contribution < 1.29 is 80.2 Å². The molecule has 3 N–H and O–H groups in total. The number of allylic oxidation sites excluding steroid dienone is 4. The van der Waals surface area contributed by atoms with Crippen molar-refractivity contribution in [2.45, 2.75) is 388 Å². The Hall–Kier alpha value is -2.46. The largest absolute Gasteiger partial charge is 0.472 e. The third-order valence-electron chi connectivity index (χ3n) is 17.6. The maximum atomic E-state index is 13.1. The van der Waals surface area contributed by atoms with Crippen molar-refractivity contribution in [3.05, 3.63) is 24.3 Å². The van der Waals surface area contributed by atoms with Gasteiger partial charge in [-0.25, -0.2) is 9.13 Å². The Bertz CT molecular complexity index is 1970. The van der Waals surface area contributed by atoms with Gasteiger partial charge in [0.05, 0.1) is 26.4 Å². The summed E-state index contributed by atoms with van der Waals surface area (Å²) in [7, 11) is -9.93. The maximum absolute atomic E-state index is 13.1. The zero-order valence-electron chi connectivity index (χ0n) is 62.3. The van der Waals surface area contributed by atoms with E-state index in [1.54, 1.807) is 0 Å². The molecule has 19 heteroatoms. The molecule has 0 heterocycles. The fourth-order valence-electron chi connectivity index (χ4n) is 11.2. The van der Waals surface area contributed by atoms with Crippen molar-refractivity contribution in [3.63, 3.8) is 0 Å². The number of esters is 4. The molecule has 3 unspecified atom stereocenters. The number of aliphatic hydroxyl groups excluding tert-OH is 1. The molecule has 0 aliphatic heterocycles. The lowest BCUT2D eigenvalue weighted by Crippen LogP contribution is -2.30. The van der Waals surface area contributed by atoms with Crippen LogP contribution in [0.2, 0.25) is 0 Å². The van der Waals surface area contributed by atoms with E-state index in [2.05, 4.69) is 72.8 Å². The second-order valence-electron chi connectivity index (χ2n) is 28.3. The summed E-state index contributed by atoms with van der Waals surface area (Å²) in [5, 5.41) is 10.6. The minimum atomic E-state index is -4.97. The Labute approximate surface area is 586 Å². The molecule has 0 radical (unpaired) electrons. The zero-order valence-corrected chi connectivity index (χ0v) is 64.1. The van der Waals surface area contributed by atoms with Crippen LogP contribution in [0.5, 0.6) is 0 Å². The van der Waals surface area contributed by atoms with Crippen molar-refractivity contribution in [2.24, 2.45) is 17.8 Å². The first-order chi connectivity index (χ1) is 46.3. The third-order valence-corrected chi connectivity index (χ3v) is 19.5. The Balaban J connectivity index is 5.29. The zero-order chi connectivity index (χ0) is 70.9. The van der Waals surface area contributed by atoms with Gasteiger partial charge in [-0.1, -0.05) is 317 Å². The van der Waals surface area contributed by atoms with E-state index >= 15 is 0 Å². The lowest BCUT2D eigenvalue weighted by molar-refractivity contribution is -0.161. The second kappa shape index (κ2) is 67.1. The number of phosphoric acid groups is 2. The van der Waals surface area contributed by atoms with Gasteiger partial charge in [0.15, 0.2) is 12.2 Å². The van der Waals surface area contributed by atoms with Gasteiger partial charge in [0.2, 0.25) is 0 Å². The first-order valence-corrected chi connectivity index (χ1v) is 42.2. The molecule has 0 aliphatic carbocycles. The average molecular weight is 1410 g/mol. The van der Waals surface area contributed by atoms with Crippen LogP contribution in [0.3, 0.4) is 0 Å². The highest BCUT2D eigenvalue weighted by molar-refractivity contribution is 7.47. The quantitative estimate of drug-likeness (QED) is 0.0169. The predicted octanol–water partition coefficient (Wildman–Crippen LogP) is 22.1. The second-order valence-corrected chi connectivity index (χ2v) is 31.2. The molecule has 96 heavy (non-hydrogen) atoms. The molecule has 0 aromatic carbocycles. The van der Waals surface area contributed by atoms with E-state index < -0.39 is 97.5 Å². The molecule has 0 saturated heterocycles. The topological polar surface area (TPSA) is 237 Å². The Morgan fingerprint density at radius 2 is 0.615 bits per heavy atom. The monoisotopic (exact) mass is 1410 g/mol. The third kappa shape index (κ3) is 68.7. The van der Waals surface area contributed by atoms with E-state index in [4.69, 9.17) is 37.0 Å². The molecule has 0 aromatic rings. The van der Waals surface area contributed by atoms with E-state index in [0.29, 0.717) is 25.7 Å². The minimum Gasteiger partial charge on any atom is -0.462 e. The molecule has 0 aromatic heterocycles. The summed E-state index contributed by atoms with van der Waals surface area (Å²) in [6.07, 6.45) is 56.3. The number of rotatable bonds is 73. The summed E-state index contributed by atoms with van der Waals surface area (Å²) in [6, 6.07) is 0. The van der Waals surface area contributed by atoms with Crippen LogP contribution in [0, 0.1) is 17.8 Å². The first-order valence-electron chi connectivity index (χ1n) is 39.2. The van der Waals surface area contributed by atoms with Crippen LogP contribution in [0.25, 0.3) is 0 Å². The normalized spacial score (nSPS) is 14.5. The summed E-state index contributed by atoms with van der Waals surface area (Å²) in [6.45, 7) is 11.8. The summed E-state index contributed by atoms with van der Waals surface area (Å²) < 4.78 is 68.5. The van der Waals surface area contributed by atoms with E-state index in [-0.39, 0.29) is 25.7 Å². The van der Waals surface area contributed by atoms with Crippen molar-refractivity contribution >= 4 is 39.5 Å². The molecule has 0 bridgehead atoms. The van der Waals surface area contributed by atoms with Gasteiger partial charge in [0.1, 0.15) is 19.3 Å². The number of hydrogen-bond donors (Lipinski definition) is 3. The van der Waals surface area contributed by atoms with E-state index in [1.165, 1.54) is 154 Å². The van der Waals surface area contributed by atoms with Crippen molar-refractivity contribution in [3.8, 4) is 0 Å². The molecular formula is C77H146O17P2. The molecule has 0 rings (SSSR count). The van der Waals surface area contributed by atoms with Gasteiger partial charge < -0.3 is 33.8 Å². The smallest absolute Gasteiger partial charge is 0.462 e. The molecule has 0 amide bonds. The standard InChI is InChI=1S/C77H146O17P2/c1-8-10-11-12-13-14-15-16-18-22-25-31-36-44-51-58-74(79)87-64-72(93-76(81)60-53-46-37-32-26-23-20-17-19-21-24-29-34-41-48-55-68(3)4)66-91-95(83,84)89-62-71(78)63-90-96(85,86)92-67-73(65-88-75(80)59-52-45-40-39-43-50-57-70(7)9-2)94-77(82)61-54-47-38-33-28-27-30-35-42-49-56-69(5)6/h14-16,18,68-73,78H,8-13,17,19-67H2,1-7H3,(H,83,84)(H,85,86)/b15-14-,18-16-/t70?,71-,72-,73-/m1/s1. The van der Waals surface area contributed by atoms with E-state index in [1.807, 2.05) is 0 Å². The predicted molar refractivity (Wildman–Crippen MR) is 390 cm³/mol. The van der Waals surface area contributed by atoms with Gasteiger partial charge in [-0.05, 0) is 69.1 Å². The first kappa shape index (κ1) is 93.5. The number of carbonyl (C=O) groups is 4. The molecular weight excluding hydrogens is 1260 g/mol. The molecule has 0 fully saturated rings. The van der Waals surface area contributed by atoms with Gasteiger partial charge in [0, 0.05) is 25.7 Å². The fourth-order valence-corrected chi connectivity index (χ4v) is 12.8. The molecule has 17 nitrogen and oxygen atoms in total. The van der Waals surface area contributed by atoms with E-state index in [9.17, 15) is 43.2 Å². The number of phosphoric ester groups is 2. The molecule has 566 valence electrons. The van der Waals surface area contributed by atoms with Gasteiger partial charge in [-0.15, -0.1) is 0 Å². The van der Waals surface area contributed by atoms with Crippen molar-refractivity contribution in [1.82, 2.24) is 0 Å². The average Bonchev–Trinajstić information content (AvgIpc) is 1.73. The van der Waals surface area contributed by atoms with Crippen LogP contribution in [0.1, 0.15) is 370 Å². The number of ether oxygens (including phenoxy) is 4.